The van der Waals surface area contributed by atoms with Crippen LogP contribution in [0.4, 0.5) is 5.69 Å². The third-order valence-electron chi connectivity index (χ3n) is 3.43. The molecule has 1 amide bonds. The fourth-order valence-corrected chi connectivity index (χ4v) is 2.60. The molecule has 0 fully saturated rings. The van der Waals surface area contributed by atoms with Gasteiger partial charge in [0.1, 0.15) is 0 Å². The van der Waals surface area contributed by atoms with Gasteiger partial charge in [0.05, 0.1) is 0 Å². The number of hydrogen-bond donors (Lipinski definition) is 1. The van der Waals surface area contributed by atoms with Crippen molar-refractivity contribution in [3.05, 3.63) is 65.2 Å². The molecule has 0 aliphatic rings. The Morgan fingerprint density at radius 3 is 2.71 bits per heavy atom. The van der Waals surface area contributed by atoms with Gasteiger partial charge in [-0.25, -0.2) is 0 Å². The molecule has 0 saturated carbocycles. The second-order valence-electron chi connectivity index (χ2n) is 4.96. The van der Waals surface area contributed by atoms with E-state index in [4.69, 9.17) is 0 Å². The summed E-state index contributed by atoms with van der Waals surface area (Å²) in [4.78, 5) is 12.4. The molecular weight excluding hydrogens is 326 g/mol. The number of halogens is 1. The van der Waals surface area contributed by atoms with Gasteiger partial charge in [0, 0.05) is 16.6 Å². The van der Waals surface area contributed by atoms with E-state index in [1.807, 2.05) is 36.4 Å². The van der Waals surface area contributed by atoms with E-state index in [0.29, 0.717) is 0 Å². The maximum absolute atomic E-state index is 12.4. The van der Waals surface area contributed by atoms with Crippen molar-refractivity contribution in [3.8, 4) is 0 Å². The molecule has 2 nitrogen and oxygen atoms in total. The van der Waals surface area contributed by atoms with Crippen LogP contribution in [0.2, 0.25) is 0 Å². The molecule has 2 rings (SSSR count). The Morgan fingerprint density at radius 2 is 1.95 bits per heavy atom. The molecule has 0 heterocycles. The number of carbonyl (C=O) groups excluding carboxylic acids is 1. The average Bonchev–Trinajstić information content (AvgIpc) is 2.53. The summed E-state index contributed by atoms with van der Waals surface area (Å²) < 4.78 is 0. The summed E-state index contributed by atoms with van der Waals surface area (Å²) in [7, 11) is 0. The highest BCUT2D eigenvalue weighted by atomic mass is 79.9. The van der Waals surface area contributed by atoms with E-state index in [9.17, 15) is 4.79 Å². The number of nitrogens with one attached hydrogen (secondary N) is 1. The molecule has 0 bridgehead atoms. The Hall–Kier alpha value is -1.61. The van der Waals surface area contributed by atoms with Gasteiger partial charge in [-0.2, -0.15) is 0 Å². The van der Waals surface area contributed by atoms with Crippen molar-refractivity contribution in [2.45, 2.75) is 26.2 Å². The van der Waals surface area contributed by atoms with E-state index in [2.05, 4.69) is 40.3 Å². The molecule has 2 aromatic carbocycles. The monoisotopic (exact) mass is 345 g/mol. The average molecular weight is 346 g/mol. The quantitative estimate of drug-likeness (QED) is 0.746. The van der Waals surface area contributed by atoms with Gasteiger partial charge in [-0.05, 0) is 48.6 Å². The zero-order valence-electron chi connectivity index (χ0n) is 12.2. The van der Waals surface area contributed by atoms with Crippen LogP contribution >= 0.6 is 15.9 Å². The van der Waals surface area contributed by atoms with Gasteiger partial charge < -0.3 is 5.32 Å². The molecule has 0 radical (unpaired) electrons. The molecule has 2 aromatic rings. The van der Waals surface area contributed by atoms with Gasteiger partial charge in [0.15, 0.2) is 0 Å². The SMILES string of the molecule is CCc1ccccc1C(=O)Nc1cccc(CCCBr)c1. The van der Waals surface area contributed by atoms with E-state index in [1.165, 1.54) is 5.56 Å². The van der Waals surface area contributed by atoms with Crippen LogP contribution in [0.5, 0.6) is 0 Å². The number of hydrogen-bond acceptors (Lipinski definition) is 1. The lowest BCUT2D eigenvalue weighted by Gasteiger charge is -2.10. The Bertz CT molecular complexity index is 610. The van der Waals surface area contributed by atoms with Gasteiger partial charge in [-0.1, -0.05) is 53.2 Å². The molecule has 0 saturated heterocycles. The Labute approximate surface area is 134 Å². The molecule has 0 aliphatic heterocycles. The molecule has 0 aliphatic carbocycles. The normalized spacial score (nSPS) is 10.4. The van der Waals surface area contributed by atoms with Gasteiger partial charge in [0.2, 0.25) is 0 Å². The van der Waals surface area contributed by atoms with Crippen LogP contribution in [-0.4, -0.2) is 11.2 Å². The van der Waals surface area contributed by atoms with Gasteiger partial charge >= 0.3 is 0 Å². The number of aryl methyl sites for hydroxylation is 2. The molecular formula is C18H20BrNO. The summed E-state index contributed by atoms with van der Waals surface area (Å²) in [5, 5.41) is 3.99. The first-order chi connectivity index (χ1) is 10.2. The highest BCUT2D eigenvalue weighted by molar-refractivity contribution is 9.09. The topological polar surface area (TPSA) is 29.1 Å². The number of alkyl halides is 1. The van der Waals surface area contributed by atoms with Crippen LogP contribution in [0.15, 0.2) is 48.5 Å². The standard InChI is InChI=1S/C18H20BrNO/c1-2-15-9-3-4-11-17(15)18(21)20-16-10-5-7-14(13-16)8-6-12-19/h3-5,7,9-11,13H,2,6,8,12H2,1H3,(H,20,21). The summed E-state index contributed by atoms with van der Waals surface area (Å²) in [6.07, 6.45) is 2.96. The summed E-state index contributed by atoms with van der Waals surface area (Å²) in [6.45, 7) is 2.06. The third kappa shape index (κ3) is 4.43. The van der Waals surface area contributed by atoms with Crippen LogP contribution in [-0.2, 0) is 12.8 Å². The zero-order chi connectivity index (χ0) is 15.1. The number of carbonyl (C=O) groups is 1. The predicted octanol–water partition coefficient (Wildman–Crippen LogP) is 4.83. The molecule has 21 heavy (non-hydrogen) atoms. The van der Waals surface area contributed by atoms with Crippen molar-refractivity contribution in [2.75, 3.05) is 10.6 Å². The van der Waals surface area contributed by atoms with Crippen molar-refractivity contribution in [1.29, 1.82) is 0 Å². The van der Waals surface area contributed by atoms with E-state index in [0.717, 1.165) is 41.4 Å². The minimum absolute atomic E-state index is 0.0370. The largest absolute Gasteiger partial charge is 0.322 e. The van der Waals surface area contributed by atoms with Crippen molar-refractivity contribution >= 4 is 27.5 Å². The van der Waals surface area contributed by atoms with E-state index < -0.39 is 0 Å². The number of anilines is 1. The van der Waals surface area contributed by atoms with E-state index in [1.54, 1.807) is 0 Å². The molecule has 110 valence electrons. The minimum atomic E-state index is -0.0370. The Morgan fingerprint density at radius 1 is 1.14 bits per heavy atom. The first-order valence-electron chi connectivity index (χ1n) is 7.28. The molecule has 1 N–H and O–H groups in total. The van der Waals surface area contributed by atoms with E-state index in [-0.39, 0.29) is 5.91 Å². The lowest BCUT2D eigenvalue weighted by Crippen LogP contribution is -2.14. The summed E-state index contributed by atoms with van der Waals surface area (Å²) in [5.41, 5.74) is 3.94. The number of amides is 1. The van der Waals surface area contributed by atoms with Gasteiger partial charge in [0.25, 0.3) is 5.91 Å². The second-order valence-corrected chi connectivity index (χ2v) is 5.75. The predicted molar refractivity (Wildman–Crippen MR) is 92.3 cm³/mol. The Balaban J connectivity index is 2.12. The highest BCUT2D eigenvalue weighted by Crippen LogP contribution is 2.16. The minimum Gasteiger partial charge on any atom is -0.322 e. The van der Waals surface area contributed by atoms with Crippen molar-refractivity contribution < 1.29 is 4.79 Å². The van der Waals surface area contributed by atoms with Crippen LogP contribution in [0, 0.1) is 0 Å². The van der Waals surface area contributed by atoms with Crippen molar-refractivity contribution in [1.82, 2.24) is 0 Å². The van der Waals surface area contributed by atoms with Crippen LogP contribution in [0.25, 0.3) is 0 Å². The maximum atomic E-state index is 12.4. The summed E-state index contributed by atoms with van der Waals surface area (Å²) >= 11 is 3.44. The van der Waals surface area contributed by atoms with Crippen LogP contribution in [0.3, 0.4) is 0 Å². The molecule has 3 heteroatoms. The lowest BCUT2D eigenvalue weighted by atomic mass is 10.0. The van der Waals surface area contributed by atoms with Gasteiger partial charge in [-0.3, -0.25) is 4.79 Å². The molecule has 0 unspecified atom stereocenters. The summed E-state index contributed by atoms with van der Waals surface area (Å²) in [5.74, 6) is -0.0370. The lowest BCUT2D eigenvalue weighted by molar-refractivity contribution is 0.102. The molecule has 0 aromatic heterocycles. The number of rotatable bonds is 6. The third-order valence-corrected chi connectivity index (χ3v) is 3.99. The smallest absolute Gasteiger partial charge is 0.255 e. The first kappa shape index (κ1) is 15.8. The fourth-order valence-electron chi connectivity index (χ4n) is 2.32. The Kier molecular flexibility index (Phi) is 6.00. The first-order valence-corrected chi connectivity index (χ1v) is 8.41. The van der Waals surface area contributed by atoms with Crippen LogP contribution in [0.1, 0.15) is 34.8 Å². The van der Waals surface area contributed by atoms with Crippen molar-refractivity contribution in [2.24, 2.45) is 0 Å². The molecule has 0 spiro atoms. The van der Waals surface area contributed by atoms with Gasteiger partial charge in [-0.15, -0.1) is 0 Å². The summed E-state index contributed by atoms with van der Waals surface area (Å²) in [6, 6.07) is 15.8. The molecule has 0 atom stereocenters. The second kappa shape index (κ2) is 7.99. The zero-order valence-corrected chi connectivity index (χ0v) is 13.8. The van der Waals surface area contributed by atoms with Crippen molar-refractivity contribution in [3.63, 3.8) is 0 Å². The maximum Gasteiger partial charge on any atom is 0.255 e. The van der Waals surface area contributed by atoms with Crippen LogP contribution < -0.4 is 5.32 Å². The number of benzene rings is 2. The fraction of sp³-hybridized carbons (Fsp3) is 0.278. The highest BCUT2D eigenvalue weighted by Gasteiger charge is 2.10. The van der Waals surface area contributed by atoms with E-state index >= 15 is 0 Å².